The van der Waals surface area contributed by atoms with E-state index in [0.717, 1.165) is 45.5 Å². The fraction of sp³-hybridized carbons (Fsp3) is 0.296. The maximum Gasteiger partial charge on any atom is 0.422 e. The summed E-state index contributed by atoms with van der Waals surface area (Å²) in [5.74, 6) is 1.63. The highest BCUT2D eigenvalue weighted by molar-refractivity contribution is 5.83. The molecule has 2 atom stereocenters. The molecule has 0 radical (unpaired) electrons. The van der Waals surface area contributed by atoms with Gasteiger partial charge in [0.05, 0.1) is 16.6 Å². The molecule has 0 spiro atoms. The van der Waals surface area contributed by atoms with Crippen LogP contribution in [0.1, 0.15) is 49.1 Å². The van der Waals surface area contributed by atoms with Gasteiger partial charge in [0, 0.05) is 5.92 Å². The fourth-order valence-electron chi connectivity index (χ4n) is 4.48. The van der Waals surface area contributed by atoms with Crippen LogP contribution in [0.5, 0.6) is 5.75 Å². The Labute approximate surface area is 195 Å². The highest BCUT2D eigenvalue weighted by atomic mass is 19.4. The van der Waals surface area contributed by atoms with Crippen LogP contribution in [0.2, 0.25) is 0 Å². The van der Waals surface area contributed by atoms with E-state index < -0.39 is 18.4 Å². The molecule has 2 N–H and O–H groups in total. The van der Waals surface area contributed by atoms with Gasteiger partial charge >= 0.3 is 6.18 Å². The Balaban J connectivity index is 1.34. The Morgan fingerprint density at radius 2 is 1.74 bits per heavy atom. The van der Waals surface area contributed by atoms with Crippen molar-refractivity contribution >= 4 is 11.0 Å². The first kappa shape index (κ1) is 22.5. The third-order valence-corrected chi connectivity index (χ3v) is 6.25. The molecule has 1 fully saturated rings. The van der Waals surface area contributed by atoms with Crippen molar-refractivity contribution in [2.24, 2.45) is 0 Å². The number of nitrogens with zero attached hydrogens (tertiary/aromatic N) is 1. The molecular weight excluding hydrogens is 441 g/mol. The van der Waals surface area contributed by atoms with Crippen LogP contribution in [-0.2, 0) is 5.60 Å². The lowest BCUT2D eigenvalue weighted by molar-refractivity contribution is -0.153. The van der Waals surface area contributed by atoms with Gasteiger partial charge < -0.3 is 14.8 Å². The summed E-state index contributed by atoms with van der Waals surface area (Å²) in [6.45, 7) is 2.27. The largest absolute Gasteiger partial charge is 0.484 e. The van der Waals surface area contributed by atoms with Crippen molar-refractivity contribution in [1.29, 1.82) is 0 Å². The smallest absolute Gasteiger partial charge is 0.422 e. The van der Waals surface area contributed by atoms with E-state index in [0.29, 0.717) is 0 Å². The maximum atomic E-state index is 12.3. The highest BCUT2D eigenvalue weighted by Gasteiger charge is 2.41. The Hall–Kier alpha value is -3.32. The predicted molar refractivity (Wildman–Crippen MR) is 125 cm³/mol. The fourth-order valence-corrected chi connectivity index (χ4v) is 4.48. The number of nitrogens with one attached hydrogen (secondary N) is 1. The van der Waals surface area contributed by atoms with Crippen molar-refractivity contribution in [2.75, 3.05) is 6.61 Å². The van der Waals surface area contributed by atoms with Gasteiger partial charge in [-0.2, -0.15) is 13.2 Å². The zero-order valence-electron chi connectivity index (χ0n) is 18.9. The van der Waals surface area contributed by atoms with E-state index in [1.165, 1.54) is 0 Å². The molecule has 0 amide bonds. The number of hydrogen-bond acceptors (Lipinski definition) is 3. The lowest BCUT2D eigenvalue weighted by atomic mass is 9.89. The summed E-state index contributed by atoms with van der Waals surface area (Å²) in [5, 5.41) is 10.6. The first-order chi connectivity index (χ1) is 16.1. The maximum absolute atomic E-state index is 12.3. The number of benzene rings is 3. The van der Waals surface area contributed by atoms with Gasteiger partial charge in [-0.25, -0.2) is 4.98 Å². The van der Waals surface area contributed by atoms with E-state index in [4.69, 9.17) is 9.72 Å². The number of alkyl halides is 3. The van der Waals surface area contributed by atoms with E-state index in [9.17, 15) is 18.3 Å². The van der Waals surface area contributed by atoms with Crippen LogP contribution < -0.4 is 4.74 Å². The standard InChI is InChI=1S/C27H25F3N2O2/c1-26(2,33)22-6-4-3-5-19(22)17-9-12-23-24(13-17)32-25(31-23)21-14-20(21)16-7-10-18(11-8-16)34-15-27(28,29)30/h3-13,20-21,33H,14-15H2,1-2H3,(H,31,32). The monoisotopic (exact) mass is 466 g/mol. The lowest BCUT2D eigenvalue weighted by Crippen LogP contribution is -2.19. The first-order valence-corrected chi connectivity index (χ1v) is 11.2. The van der Waals surface area contributed by atoms with Gasteiger partial charge in [0.1, 0.15) is 11.6 Å². The van der Waals surface area contributed by atoms with Gasteiger partial charge in [0.25, 0.3) is 0 Å². The third-order valence-electron chi connectivity index (χ3n) is 6.25. The predicted octanol–water partition coefficient (Wildman–Crippen LogP) is 6.67. The number of H-pyrrole nitrogens is 1. The summed E-state index contributed by atoms with van der Waals surface area (Å²) >= 11 is 0. The minimum atomic E-state index is -4.35. The molecule has 4 nitrogen and oxygen atoms in total. The van der Waals surface area contributed by atoms with Crippen molar-refractivity contribution in [3.05, 3.63) is 83.7 Å². The second kappa shape index (κ2) is 8.17. The molecule has 176 valence electrons. The van der Waals surface area contributed by atoms with Crippen LogP contribution in [-0.4, -0.2) is 27.9 Å². The van der Waals surface area contributed by atoms with Gasteiger partial charge in [0.2, 0.25) is 0 Å². The second-order valence-electron chi connectivity index (χ2n) is 9.38. The normalized spacial score (nSPS) is 18.3. The molecule has 34 heavy (non-hydrogen) atoms. The number of rotatable bonds is 6. The summed E-state index contributed by atoms with van der Waals surface area (Å²) in [6, 6.07) is 20.7. The molecule has 7 heteroatoms. The van der Waals surface area contributed by atoms with Gasteiger partial charge in [-0.3, -0.25) is 0 Å². The lowest BCUT2D eigenvalue weighted by Gasteiger charge is -2.21. The Morgan fingerprint density at radius 3 is 2.44 bits per heavy atom. The highest BCUT2D eigenvalue weighted by Crippen LogP contribution is 2.54. The van der Waals surface area contributed by atoms with E-state index in [-0.39, 0.29) is 17.6 Å². The summed E-state index contributed by atoms with van der Waals surface area (Å²) in [5.41, 5.74) is 4.75. The van der Waals surface area contributed by atoms with Crippen LogP contribution in [0, 0.1) is 0 Å². The molecule has 1 aromatic heterocycles. The number of ether oxygens (including phenoxy) is 1. The minimum absolute atomic E-state index is 0.209. The molecule has 0 aliphatic heterocycles. The average Bonchev–Trinajstić information content (AvgIpc) is 3.48. The van der Waals surface area contributed by atoms with Crippen molar-refractivity contribution in [2.45, 2.75) is 43.9 Å². The molecule has 3 aromatic carbocycles. The molecule has 1 saturated carbocycles. The van der Waals surface area contributed by atoms with E-state index >= 15 is 0 Å². The summed E-state index contributed by atoms with van der Waals surface area (Å²) in [7, 11) is 0. The molecule has 1 heterocycles. The van der Waals surface area contributed by atoms with Gasteiger partial charge in [-0.05, 0) is 72.7 Å². The molecule has 4 aromatic rings. The average molecular weight is 467 g/mol. The molecule has 0 saturated heterocycles. The number of halogens is 3. The van der Waals surface area contributed by atoms with E-state index in [2.05, 4.69) is 11.1 Å². The van der Waals surface area contributed by atoms with Crippen LogP contribution in [0.25, 0.3) is 22.2 Å². The van der Waals surface area contributed by atoms with Crippen LogP contribution in [0.3, 0.4) is 0 Å². The SMILES string of the molecule is CC(C)(O)c1ccccc1-c1ccc2nc(C3CC3c3ccc(OCC(F)(F)F)cc3)[nH]c2c1. The first-order valence-electron chi connectivity index (χ1n) is 11.2. The van der Waals surface area contributed by atoms with Gasteiger partial charge in [0.15, 0.2) is 6.61 Å². The summed E-state index contributed by atoms with van der Waals surface area (Å²) in [6.07, 6.45) is -3.42. The third kappa shape index (κ3) is 4.66. The quantitative estimate of drug-likeness (QED) is 0.334. The Bertz CT molecular complexity index is 1320. The second-order valence-corrected chi connectivity index (χ2v) is 9.38. The van der Waals surface area contributed by atoms with Crippen LogP contribution in [0.4, 0.5) is 13.2 Å². The van der Waals surface area contributed by atoms with E-state index in [1.54, 1.807) is 26.0 Å². The van der Waals surface area contributed by atoms with Crippen molar-refractivity contribution in [3.63, 3.8) is 0 Å². The number of aliphatic hydroxyl groups is 1. The van der Waals surface area contributed by atoms with Crippen molar-refractivity contribution in [3.8, 4) is 16.9 Å². The molecule has 1 aliphatic rings. The Morgan fingerprint density at radius 1 is 1.00 bits per heavy atom. The number of imidazole rings is 1. The van der Waals surface area contributed by atoms with Crippen molar-refractivity contribution < 1.29 is 23.0 Å². The molecular formula is C27H25F3N2O2. The van der Waals surface area contributed by atoms with Gasteiger partial charge in [-0.1, -0.05) is 42.5 Å². The molecule has 2 unspecified atom stereocenters. The van der Waals surface area contributed by atoms with E-state index in [1.807, 2.05) is 48.5 Å². The Kier molecular flexibility index (Phi) is 5.40. The zero-order valence-corrected chi connectivity index (χ0v) is 18.9. The van der Waals surface area contributed by atoms with Crippen molar-refractivity contribution in [1.82, 2.24) is 9.97 Å². The topological polar surface area (TPSA) is 58.1 Å². The molecule has 0 bridgehead atoms. The minimum Gasteiger partial charge on any atom is -0.484 e. The van der Waals surface area contributed by atoms with Gasteiger partial charge in [-0.15, -0.1) is 0 Å². The molecule has 1 aliphatic carbocycles. The molecule has 5 rings (SSSR count). The number of aromatic amines is 1. The van der Waals surface area contributed by atoms with Crippen LogP contribution in [0.15, 0.2) is 66.7 Å². The zero-order chi connectivity index (χ0) is 24.1. The van der Waals surface area contributed by atoms with Crippen LogP contribution >= 0.6 is 0 Å². The number of aromatic nitrogens is 2. The summed E-state index contributed by atoms with van der Waals surface area (Å²) in [4.78, 5) is 8.23. The summed E-state index contributed by atoms with van der Waals surface area (Å²) < 4.78 is 41.8. The number of hydrogen-bond donors (Lipinski definition) is 2. The number of fused-ring (bicyclic) bond motifs is 1.